The van der Waals surface area contributed by atoms with Crippen molar-refractivity contribution >= 4 is 46.4 Å². The number of anilines is 1. The summed E-state index contributed by atoms with van der Waals surface area (Å²) in [6.07, 6.45) is 1.02. The molecule has 0 saturated heterocycles. The smallest absolute Gasteiger partial charge is 0.162 e. The minimum absolute atomic E-state index is 0.0393. The number of nitrogens with zero attached hydrogens (tertiary/aromatic N) is 2. The van der Waals surface area contributed by atoms with E-state index >= 15 is 0 Å². The molecular formula is C34H33Cl2N3OS. The summed E-state index contributed by atoms with van der Waals surface area (Å²) in [5.41, 5.74) is 14.6. The van der Waals surface area contributed by atoms with Gasteiger partial charge in [-0.2, -0.15) is 17.0 Å². The lowest BCUT2D eigenvalue weighted by Crippen LogP contribution is -2.42. The van der Waals surface area contributed by atoms with E-state index in [1.54, 1.807) is 18.2 Å². The van der Waals surface area contributed by atoms with Crippen molar-refractivity contribution in [1.82, 2.24) is 0 Å². The largest absolute Gasteiger partial charge is 0.384 e. The number of rotatable bonds is 6. The third-order valence-electron chi connectivity index (χ3n) is 7.91. The summed E-state index contributed by atoms with van der Waals surface area (Å²) in [7, 11) is 0. The van der Waals surface area contributed by atoms with Crippen LogP contribution < -0.4 is 10.6 Å². The highest BCUT2D eigenvalue weighted by Gasteiger charge is 2.45. The third kappa shape index (κ3) is 5.79. The molecule has 3 aromatic rings. The summed E-state index contributed by atoms with van der Waals surface area (Å²) in [5.74, 6) is 1.52. The van der Waals surface area contributed by atoms with E-state index in [-0.39, 0.29) is 11.2 Å². The van der Waals surface area contributed by atoms with Gasteiger partial charge in [-0.05, 0) is 66.1 Å². The van der Waals surface area contributed by atoms with Crippen molar-refractivity contribution in [1.29, 1.82) is 5.26 Å². The second-order valence-corrected chi connectivity index (χ2v) is 13.5. The quantitative estimate of drug-likeness (QED) is 0.305. The Hall–Kier alpha value is -3.17. The molecule has 210 valence electrons. The van der Waals surface area contributed by atoms with E-state index in [0.717, 1.165) is 33.9 Å². The SMILES string of the molecule is Cc1cc(CSCc2ccccc2)c(C)c(C2C(C#N)=C(N)N(c3ccc(Cl)cc3Cl)C3=C2C(=O)CC(C)(C)C3)c1. The summed E-state index contributed by atoms with van der Waals surface area (Å²) < 4.78 is 0. The first kappa shape index (κ1) is 29.3. The number of hydrogen-bond acceptors (Lipinski definition) is 5. The van der Waals surface area contributed by atoms with E-state index in [2.05, 4.69) is 70.2 Å². The number of thioether (sulfide) groups is 1. The van der Waals surface area contributed by atoms with Crippen molar-refractivity contribution in [2.45, 2.75) is 58.0 Å². The first-order valence-corrected chi connectivity index (χ1v) is 15.5. The van der Waals surface area contributed by atoms with E-state index in [1.807, 2.05) is 22.7 Å². The topological polar surface area (TPSA) is 70.1 Å². The van der Waals surface area contributed by atoms with Gasteiger partial charge in [-0.1, -0.05) is 85.1 Å². The molecule has 1 aliphatic carbocycles. The normalized spacial score (nSPS) is 18.4. The maximum Gasteiger partial charge on any atom is 0.162 e. The molecule has 1 aliphatic heterocycles. The van der Waals surface area contributed by atoms with Crippen LogP contribution in [0.15, 0.2) is 83.3 Å². The number of ketones is 1. The average Bonchev–Trinajstić information content (AvgIpc) is 2.90. The van der Waals surface area contributed by atoms with Crippen LogP contribution in [0.2, 0.25) is 10.0 Å². The lowest BCUT2D eigenvalue weighted by molar-refractivity contribution is -0.118. The van der Waals surface area contributed by atoms with Gasteiger partial charge in [0, 0.05) is 34.2 Å². The van der Waals surface area contributed by atoms with Crippen molar-refractivity contribution in [3.63, 3.8) is 0 Å². The average molecular weight is 603 g/mol. The number of hydrogen-bond donors (Lipinski definition) is 1. The van der Waals surface area contributed by atoms with Crippen LogP contribution in [0.25, 0.3) is 0 Å². The van der Waals surface area contributed by atoms with Gasteiger partial charge in [0.1, 0.15) is 5.82 Å². The molecule has 0 bridgehead atoms. The van der Waals surface area contributed by atoms with Crippen LogP contribution in [0, 0.1) is 30.6 Å². The van der Waals surface area contributed by atoms with Crippen molar-refractivity contribution in [2.24, 2.45) is 11.1 Å². The lowest BCUT2D eigenvalue weighted by Gasteiger charge is -2.44. The Morgan fingerprint density at radius 1 is 1.05 bits per heavy atom. The van der Waals surface area contributed by atoms with Gasteiger partial charge in [0.15, 0.2) is 5.78 Å². The van der Waals surface area contributed by atoms with E-state index in [1.165, 1.54) is 11.1 Å². The highest BCUT2D eigenvalue weighted by Crippen LogP contribution is 2.52. The molecule has 0 fully saturated rings. The molecule has 0 saturated carbocycles. The molecule has 0 amide bonds. The van der Waals surface area contributed by atoms with Gasteiger partial charge in [0.25, 0.3) is 0 Å². The van der Waals surface area contributed by atoms with Crippen LogP contribution in [-0.4, -0.2) is 5.78 Å². The Kier molecular flexibility index (Phi) is 8.30. The van der Waals surface area contributed by atoms with Crippen LogP contribution in [0.3, 0.4) is 0 Å². The fourth-order valence-corrected chi connectivity index (χ4v) is 7.57. The number of carbonyl (C=O) groups is 1. The molecule has 1 atom stereocenters. The maximum atomic E-state index is 14.0. The number of aryl methyl sites for hydroxylation is 1. The van der Waals surface area contributed by atoms with E-state index in [9.17, 15) is 10.1 Å². The zero-order valence-electron chi connectivity index (χ0n) is 23.7. The standard InChI is InChI=1S/C34H33Cl2N3OS/c1-20-12-23(19-41-18-22-8-6-5-7-9-22)21(2)25(13-20)31-26(17-37)33(38)39(28-11-10-24(35)14-27(28)36)29-15-34(3,4)16-30(40)32(29)31/h5-14,31H,15-16,18-19,38H2,1-4H3. The van der Waals surface area contributed by atoms with Gasteiger partial charge in [-0.3, -0.25) is 9.69 Å². The molecule has 41 heavy (non-hydrogen) atoms. The number of benzene rings is 3. The maximum absolute atomic E-state index is 14.0. The number of Topliss-reactive ketones (excluding diaryl/α,β-unsaturated/α-hetero) is 1. The first-order valence-electron chi connectivity index (χ1n) is 13.6. The molecular weight excluding hydrogens is 569 g/mol. The monoisotopic (exact) mass is 601 g/mol. The summed E-state index contributed by atoms with van der Waals surface area (Å²) in [6.45, 7) is 8.34. The van der Waals surface area contributed by atoms with E-state index < -0.39 is 5.92 Å². The molecule has 2 N–H and O–H groups in total. The highest BCUT2D eigenvalue weighted by molar-refractivity contribution is 7.97. The Bertz CT molecular complexity index is 1640. The zero-order chi connectivity index (χ0) is 29.5. The van der Waals surface area contributed by atoms with Crippen LogP contribution in [0.1, 0.15) is 60.4 Å². The van der Waals surface area contributed by atoms with E-state index in [0.29, 0.717) is 45.5 Å². The predicted octanol–water partition coefficient (Wildman–Crippen LogP) is 8.98. The number of nitriles is 1. The van der Waals surface area contributed by atoms with Crippen molar-refractivity contribution in [3.05, 3.63) is 121 Å². The number of allylic oxidation sites excluding steroid dienone is 3. The highest BCUT2D eigenvalue weighted by atomic mass is 35.5. The van der Waals surface area contributed by atoms with Gasteiger partial charge < -0.3 is 5.73 Å². The van der Waals surface area contributed by atoms with Gasteiger partial charge in [0.2, 0.25) is 0 Å². The minimum Gasteiger partial charge on any atom is -0.384 e. The number of carbonyl (C=O) groups excluding carboxylic acids is 1. The fraction of sp³-hybridized carbons (Fsp3) is 0.294. The van der Waals surface area contributed by atoms with Crippen molar-refractivity contribution in [2.75, 3.05) is 4.90 Å². The van der Waals surface area contributed by atoms with Crippen LogP contribution >= 0.6 is 35.0 Å². The number of halogens is 2. The van der Waals surface area contributed by atoms with Crippen molar-refractivity contribution in [3.8, 4) is 6.07 Å². The molecule has 3 aromatic carbocycles. The second kappa shape index (κ2) is 11.6. The third-order valence-corrected chi connectivity index (χ3v) is 9.50. The molecule has 0 aromatic heterocycles. The Morgan fingerprint density at radius 2 is 1.78 bits per heavy atom. The zero-order valence-corrected chi connectivity index (χ0v) is 26.1. The van der Waals surface area contributed by atoms with Gasteiger partial charge in [0.05, 0.1) is 28.3 Å². The molecule has 0 spiro atoms. The predicted molar refractivity (Wildman–Crippen MR) is 171 cm³/mol. The first-order chi connectivity index (χ1) is 19.5. The molecule has 7 heteroatoms. The summed E-state index contributed by atoms with van der Waals surface area (Å²) in [5, 5.41) is 11.4. The van der Waals surface area contributed by atoms with Gasteiger partial charge in [-0.25, -0.2) is 0 Å². The molecule has 1 unspecified atom stereocenters. The lowest BCUT2D eigenvalue weighted by atomic mass is 9.68. The summed E-state index contributed by atoms with van der Waals surface area (Å²) in [6, 6.07) is 22.3. The molecule has 0 radical (unpaired) electrons. The van der Waals surface area contributed by atoms with Gasteiger partial charge >= 0.3 is 0 Å². The Balaban J connectivity index is 1.64. The molecule has 1 heterocycles. The number of nitrogens with two attached hydrogens (primary N) is 1. The second-order valence-electron chi connectivity index (χ2n) is 11.7. The minimum atomic E-state index is -0.543. The molecule has 4 nitrogen and oxygen atoms in total. The van der Waals surface area contributed by atoms with Crippen LogP contribution in [-0.2, 0) is 16.3 Å². The summed E-state index contributed by atoms with van der Waals surface area (Å²) in [4.78, 5) is 15.8. The van der Waals surface area contributed by atoms with Gasteiger partial charge in [-0.15, -0.1) is 0 Å². The van der Waals surface area contributed by atoms with E-state index in [4.69, 9.17) is 28.9 Å². The van der Waals surface area contributed by atoms with Crippen LogP contribution in [0.5, 0.6) is 0 Å². The molecule has 2 aliphatic rings. The Morgan fingerprint density at radius 3 is 2.46 bits per heavy atom. The fourth-order valence-electron chi connectivity index (χ4n) is 6.02. The van der Waals surface area contributed by atoms with Crippen LogP contribution in [0.4, 0.5) is 5.69 Å². The molecule has 5 rings (SSSR count). The Labute approximate surface area is 256 Å². The van der Waals surface area contributed by atoms with Crippen molar-refractivity contribution < 1.29 is 4.79 Å². The summed E-state index contributed by atoms with van der Waals surface area (Å²) >= 11 is 14.7.